The molecule has 4 nitrogen and oxygen atoms in total. The molecule has 0 saturated carbocycles. The van der Waals surface area contributed by atoms with Gasteiger partial charge in [-0.05, 0) is 30.7 Å². The Labute approximate surface area is 103 Å². The minimum absolute atomic E-state index is 0.347. The van der Waals surface area contributed by atoms with Crippen LogP contribution in [0, 0.1) is 6.92 Å². The summed E-state index contributed by atoms with van der Waals surface area (Å²) in [6, 6.07) is 9.95. The first kappa shape index (κ1) is 10.2. The fourth-order valence-electron chi connectivity index (χ4n) is 1.81. The molecule has 0 atom stereocenters. The van der Waals surface area contributed by atoms with Gasteiger partial charge in [-0.2, -0.15) is 0 Å². The van der Waals surface area contributed by atoms with E-state index in [0.29, 0.717) is 5.28 Å². The Hall–Kier alpha value is -1.94. The molecule has 3 aromatic rings. The number of aromatic nitrogens is 4. The lowest BCUT2D eigenvalue weighted by molar-refractivity contribution is 0.965. The Morgan fingerprint density at radius 3 is 2.76 bits per heavy atom. The molecule has 0 bridgehead atoms. The molecule has 0 aliphatic heterocycles. The van der Waals surface area contributed by atoms with Gasteiger partial charge >= 0.3 is 0 Å². The monoisotopic (exact) mass is 244 g/mol. The van der Waals surface area contributed by atoms with Crippen LogP contribution in [0.5, 0.6) is 0 Å². The van der Waals surface area contributed by atoms with E-state index in [0.717, 1.165) is 22.4 Å². The number of hydrogen-bond donors (Lipinski definition) is 0. The summed E-state index contributed by atoms with van der Waals surface area (Å²) in [7, 11) is 0. The summed E-state index contributed by atoms with van der Waals surface area (Å²) in [5, 5.41) is 9.16. The summed E-state index contributed by atoms with van der Waals surface area (Å²) in [4.78, 5) is 4.38. The highest BCUT2D eigenvalue weighted by molar-refractivity contribution is 6.28. The van der Waals surface area contributed by atoms with Crippen molar-refractivity contribution in [2.45, 2.75) is 6.92 Å². The van der Waals surface area contributed by atoms with E-state index in [1.165, 1.54) is 0 Å². The minimum atomic E-state index is 0.347. The van der Waals surface area contributed by atoms with Crippen molar-refractivity contribution in [1.29, 1.82) is 0 Å². The molecule has 0 fully saturated rings. The molecule has 0 radical (unpaired) electrons. The molecule has 0 spiro atoms. The first-order valence-corrected chi connectivity index (χ1v) is 5.56. The maximum atomic E-state index is 5.99. The van der Waals surface area contributed by atoms with E-state index in [2.05, 4.69) is 15.2 Å². The van der Waals surface area contributed by atoms with Crippen molar-refractivity contribution < 1.29 is 0 Å². The summed E-state index contributed by atoms with van der Waals surface area (Å²) in [5.41, 5.74) is 1.83. The Balaban J connectivity index is 2.25. The Morgan fingerprint density at radius 2 is 2.00 bits per heavy atom. The number of pyridine rings is 1. The van der Waals surface area contributed by atoms with Gasteiger partial charge in [-0.15, -0.1) is 10.2 Å². The normalized spacial score (nSPS) is 10.9. The second-order valence-electron chi connectivity index (χ2n) is 3.74. The van der Waals surface area contributed by atoms with Gasteiger partial charge in [-0.1, -0.05) is 18.2 Å². The largest absolute Gasteiger partial charge is 0.268 e. The third-order valence-corrected chi connectivity index (χ3v) is 2.86. The molecular weight excluding hydrogens is 236 g/mol. The lowest BCUT2D eigenvalue weighted by Gasteiger charge is -2.05. The maximum absolute atomic E-state index is 5.99. The van der Waals surface area contributed by atoms with Gasteiger partial charge in [0.05, 0.1) is 17.4 Å². The average molecular weight is 245 g/mol. The smallest absolute Gasteiger partial charge is 0.229 e. The second-order valence-corrected chi connectivity index (χ2v) is 4.08. The Bertz CT molecular complexity index is 670. The van der Waals surface area contributed by atoms with Gasteiger partial charge in [0.15, 0.2) is 0 Å². The zero-order valence-corrected chi connectivity index (χ0v) is 9.89. The molecule has 5 heteroatoms. The molecule has 1 aromatic carbocycles. The lowest BCUT2D eigenvalue weighted by atomic mass is 10.2. The fraction of sp³-hybridized carbons (Fsp3) is 0.0833. The standard InChI is InChI=1S/C12H9ClN4/c1-8-15-16-12(13)17(8)10-6-9-4-2-3-5-11(9)14-7-10/h2-7H,1H3. The van der Waals surface area contributed by atoms with Crippen LogP contribution in [0.4, 0.5) is 0 Å². The summed E-state index contributed by atoms with van der Waals surface area (Å²) in [5.74, 6) is 0.743. The molecule has 2 heterocycles. The first-order valence-electron chi connectivity index (χ1n) is 5.18. The molecule has 84 valence electrons. The van der Waals surface area contributed by atoms with Gasteiger partial charge in [-0.3, -0.25) is 9.55 Å². The Morgan fingerprint density at radius 1 is 1.18 bits per heavy atom. The highest BCUT2D eigenvalue weighted by Gasteiger charge is 2.09. The molecular formula is C12H9ClN4. The molecule has 0 unspecified atom stereocenters. The average Bonchev–Trinajstić information content (AvgIpc) is 2.68. The van der Waals surface area contributed by atoms with Gasteiger partial charge in [0.2, 0.25) is 5.28 Å². The minimum Gasteiger partial charge on any atom is -0.268 e. The van der Waals surface area contributed by atoms with E-state index in [4.69, 9.17) is 11.6 Å². The maximum Gasteiger partial charge on any atom is 0.229 e. The molecule has 0 aliphatic rings. The number of benzene rings is 1. The lowest BCUT2D eigenvalue weighted by Crippen LogP contribution is -1.98. The summed E-state index contributed by atoms with van der Waals surface area (Å²) in [6.07, 6.45) is 1.77. The van der Waals surface area contributed by atoms with Crippen LogP contribution in [0.1, 0.15) is 5.82 Å². The fourth-order valence-corrected chi connectivity index (χ4v) is 2.07. The van der Waals surface area contributed by atoms with Gasteiger partial charge < -0.3 is 0 Å². The summed E-state index contributed by atoms with van der Waals surface area (Å²) in [6.45, 7) is 1.86. The molecule has 0 aliphatic carbocycles. The van der Waals surface area contributed by atoms with Crippen molar-refractivity contribution in [2.24, 2.45) is 0 Å². The van der Waals surface area contributed by atoms with E-state index in [1.54, 1.807) is 10.8 Å². The van der Waals surface area contributed by atoms with Crippen LogP contribution in [0.3, 0.4) is 0 Å². The van der Waals surface area contributed by atoms with Crippen LogP contribution in [-0.4, -0.2) is 19.7 Å². The van der Waals surface area contributed by atoms with Crippen LogP contribution in [0.2, 0.25) is 5.28 Å². The zero-order chi connectivity index (χ0) is 11.8. The van der Waals surface area contributed by atoms with Crippen molar-refractivity contribution in [3.05, 3.63) is 47.6 Å². The van der Waals surface area contributed by atoms with Crippen molar-refractivity contribution in [3.8, 4) is 5.69 Å². The SMILES string of the molecule is Cc1nnc(Cl)n1-c1cnc2ccccc2c1. The van der Waals surface area contributed by atoms with Gasteiger partial charge in [-0.25, -0.2) is 0 Å². The molecule has 0 amide bonds. The third kappa shape index (κ3) is 1.66. The van der Waals surface area contributed by atoms with Crippen molar-refractivity contribution in [1.82, 2.24) is 19.7 Å². The van der Waals surface area contributed by atoms with Crippen molar-refractivity contribution in [3.63, 3.8) is 0 Å². The van der Waals surface area contributed by atoms with Crippen LogP contribution in [0.25, 0.3) is 16.6 Å². The van der Waals surface area contributed by atoms with Crippen LogP contribution < -0.4 is 0 Å². The molecule has 0 saturated heterocycles. The first-order chi connectivity index (χ1) is 8.25. The van der Waals surface area contributed by atoms with Crippen LogP contribution in [0.15, 0.2) is 36.5 Å². The van der Waals surface area contributed by atoms with Crippen molar-refractivity contribution in [2.75, 3.05) is 0 Å². The van der Waals surface area contributed by atoms with Crippen LogP contribution >= 0.6 is 11.6 Å². The number of aryl methyl sites for hydroxylation is 1. The summed E-state index contributed by atoms with van der Waals surface area (Å²) >= 11 is 5.99. The van der Waals surface area contributed by atoms with Crippen molar-refractivity contribution >= 4 is 22.5 Å². The van der Waals surface area contributed by atoms with E-state index >= 15 is 0 Å². The number of para-hydroxylation sites is 1. The quantitative estimate of drug-likeness (QED) is 0.661. The third-order valence-electron chi connectivity index (χ3n) is 2.62. The van der Waals surface area contributed by atoms with Gasteiger partial charge in [0, 0.05) is 5.39 Å². The highest BCUT2D eigenvalue weighted by atomic mass is 35.5. The van der Waals surface area contributed by atoms with E-state index < -0.39 is 0 Å². The van der Waals surface area contributed by atoms with Gasteiger partial charge in [0.1, 0.15) is 5.82 Å². The number of nitrogens with zero attached hydrogens (tertiary/aromatic N) is 4. The molecule has 2 aromatic heterocycles. The highest BCUT2D eigenvalue weighted by Crippen LogP contribution is 2.19. The van der Waals surface area contributed by atoms with Gasteiger partial charge in [0.25, 0.3) is 0 Å². The summed E-state index contributed by atoms with van der Waals surface area (Å²) < 4.78 is 1.76. The Kier molecular flexibility index (Phi) is 2.30. The zero-order valence-electron chi connectivity index (χ0n) is 9.13. The van der Waals surface area contributed by atoms with Crippen LogP contribution in [-0.2, 0) is 0 Å². The molecule has 0 N–H and O–H groups in total. The molecule has 17 heavy (non-hydrogen) atoms. The topological polar surface area (TPSA) is 43.6 Å². The number of hydrogen-bond acceptors (Lipinski definition) is 3. The number of fused-ring (bicyclic) bond motifs is 1. The number of rotatable bonds is 1. The molecule has 3 rings (SSSR count). The van der Waals surface area contributed by atoms with E-state index in [-0.39, 0.29) is 0 Å². The van der Waals surface area contributed by atoms with E-state index in [9.17, 15) is 0 Å². The van der Waals surface area contributed by atoms with E-state index in [1.807, 2.05) is 37.3 Å². The second kappa shape index (κ2) is 3.82. The predicted octanol–water partition coefficient (Wildman–Crippen LogP) is 2.78. The number of halogens is 1. The predicted molar refractivity (Wildman–Crippen MR) is 66.4 cm³/mol.